The molecule has 0 atom stereocenters. The summed E-state index contributed by atoms with van der Waals surface area (Å²) in [6, 6.07) is 1.89. The molecule has 7 heteroatoms. The molecule has 1 aromatic heterocycles. The zero-order chi connectivity index (χ0) is 9.56. The molecule has 0 aliphatic carbocycles. The number of hydrogen-bond donors (Lipinski definition) is 3. The molecule has 0 radical (unpaired) electrons. The Kier molecular flexibility index (Phi) is 5.26. The quantitative estimate of drug-likeness (QED) is 0.424. The summed E-state index contributed by atoms with van der Waals surface area (Å²) in [6.45, 7) is 3.77. The van der Waals surface area contributed by atoms with E-state index in [9.17, 15) is 0 Å². The van der Waals surface area contributed by atoms with Crippen molar-refractivity contribution in [3.8, 4) is 0 Å². The Labute approximate surface area is 71.2 Å². The lowest BCUT2D eigenvalue weighted by molar-refractivity contribution is 0.247. The summed E-state index contributed by atoms with van der Waals surface area (Å²) in [6.07, 6.45) is 0. The minimum Gasteiger partial charge on any atom is -0.361 e. The van der Waals surface area contributed by atoms with Gasteiger partial charge in [-0.25, -0.2) is 8.42 Å². The average molecular weight is 194 g/mol. The third kappa shape index (κ3) is 5.83. The van der Waals surface area contributed by atoms with E-state index in [1.54, 1.807) is 0 Å². The van der Waals surface area contributed by atoms with Gasteiger partial charge in [0.1, 0.15) is 5.76 Å². The van der Waals surface area contributed by atoms with E-state index in [-0.39, 0.29) is 0 Å². The first-order valence-electron chi connectivity index (χ1n) is 3.00. The third-order valence-corrected chi connectivity index (χ3v) is 0.991. The summed E-state index contributed by atoms with van der Waals surface area (Å²) >= 11 is 0. The third-order valence-electron chi connectivity index (χ3n) is 0.827. The van der Waals surface area contributed by atoms with Crippen LogP contribution in [0.4, 0.5) is 0 Å². The zero-order valence-electron chi connectivity index (χ0n) is 6.64. The van der Waals surface area contributed by atoms with Crippen molar-refractivity contribution < 1.29 is 18.1 Å². The van der Waals surface area contributed by atoms with Gasteiger partial charge in [0, 0.05) is 6.07 Å². The van der Waals surface area contributed by atoms with E-state index >= 15 is 0 Å². The van der Waals surface area contributed by atoms with Crippen LogP contribution in [-0.4, -0.2) is 18.8 Å². The van der Waals surface area contributed by atoms with Crippen molar-refractivity contribution >= 4 is 10.9 Å². The predicted molar refractivity (Wildman–Crippen MR) is 41.2 cm³/mol. The lowest BCUT2D eigenvalue weighted by Gasteiger charge is -1.67. The van der Waals surface area contributed by atoms with Crippen LogP contribution in [0, 0.1) is 13.8 Å². The van der Waals surface area contributed by atoms with E-state index in [4.69, 9.17) is 18.1 Å². The Bertz CT molecular complexity index is 269. The smallest absolute Gasteiger partial charge is 0.223 e. The van der Waals surface area contributed by atoms with E-state index < -0.39 is 10.9 Å². The van der Waals surface area contributed by atoms with Crippen LogP contribution in [0.2, 0.25) is 0 Å². The molecule has 0 saturated heterocycles. The molecule has 0 bridgehead atoms. The maximum absolute atomic E-state index is 9.04. The number of hydrogen-bond acceptors (Lipinski definition) is 5. The van der Waals surface area contributed by atoms with Gasteiger partial charge in [-0.2, -0.15) is 0 Å². The van der Waals surface area contributed by atoms with Crippen LogP contribution in [0.25, 0.3) is 0 Å². The van der Waals surface area contributed by atoms with Crippen molar-refractivity contribution in [1.29, 1.82) is 0 Å². The molecule has 0 amide bonds. The molecule has 0 saturated carbocycles. The fourth-order valence-electron chi connectivity index (χ4n) is 0.491. The van der Waals surface area contributed by atoms with E-state index in [0.29, 0.717) is 0 Å². The van der Waals surface area contributed by atoms with Crippen molar-refractivity contribution in [3.63, 3.8) is 0 Å². The molecule has 70 valence electrons. The van der Waals surface area contributed by atoms with Gasteiger partial charge >= 0.3 is 0 Å². The highest BCUT2D eigenvalue weighted by Gasteiger charge is 1.88. The molecule has 0 spiro atoms. The molecular formula is C5H10N2O4S. The van der Waals surface area contributed by atoms with E-state index in [2.05, 4.69) is 5.16 Å². The summed E-state index contributed by atoms with van der Waals surface area (Å²) in [5, 5.41) is 10.9. The summed E-state index contributed by atoms with van der Waals surface area (Å²) in [4.78, 5) is 0.981. The van der Waals surface area contributed by atoms with E-state index in [1.807, 2.05) is 19.9 Å². The fourth-order valence-corrected chi connectivity index (χ4v) is 0.491. The molecule has 1 aromatic rings. The van der Waals surface area contributed by atoms with Gasteiger partial charge in [0.25, 0.3) is 0 Å². The number of thiol groups is 1. The Hall–Kier alpha value is -0.920. The predicted octanol–water partition coefficient (Wildman–Crippen LogP) is -0.217. The van der Waals surface area contributed by atoms with Crippen molar-refractivity contribution in [3.05, 3.63) is 17.5 Å². The highest BCUT2D eigenvalue weighted by Crippen LogP contribution is 1.96. The van der Waals surface area contributed by atoms with Gasteiger partial charge in [-0.15, -0.1) is 0 Å². The van der Waals surface area contributed by atoms with Crippen LogP contribution < -0.4 is 4.89 Å². The highest BCUT2D eigenvalue weighted by molar-refractivity contribution is 7.70. The van der Waals surface area contributed by atoms with Crippen LogP contribution >= 0.6 is 0 Å². The molecule has 2 N–H and O–H groups in total. The van der Waals surface area contributed by atoms with Gasteiger partial charge in [0.05, 0.1) is 5.69 Å². The minimum atomic E-state index is -2.79. The molecule has 0 aromatic carbocycles. The van der Waals surface area contributed by atoms with Gasteiger partial charge in [-0.1, -0.05) is 10.0 Å². The fraction of sp³-hybridized carbons (Fsp3) is 0.400. The molecule has 0 unspecified atom stereocenters. The van der Waals surface area contributed by atoms with Crippen molar-refractivity contribution in [2.24, 2.45) is 0 Å². The Morgan fingerprint density at radius 3 is 2.17 bits per heavy atom. The van der Waals surface area contributed by atoms with Gasteiger partial charge < -0.3 is 9.73 Å². The maximum Gasteiger partial charge on any atom is 0.223 e. The lowest BCUT2D eigenvalue weighted by atomic mass is 10.4. The molecule has 0 fully saturated rings. The van der Waals surface area contributed by atoms with E-state index in [0.717, 1.165) is 16.3 Å². The summed E-state index contributed by atoms with van der Waals surface area (Å²) in [5.74, 6) is 0.873. The SMILES string of the molecule is Cc1cc(C)on1.O=[SH](=O)NO. The summed E-state index contributed by atoms with van der Waals surface area (Å²) in [5.41, 5.74) is 0.942. The minimum absolute atomic E-state index is 0.873. The molecule has 0 aliphatic rings. The molecule has 12 heavy (non-hydrogen) atoms. The first kappa shape index (κ1) is 11.1. The Morgan fingerprint density at radius 2 is 2.08 bits per heavy atom. The van der Waals surface area contributed by atoms with Crippen molar-refractivity contribution in [2.45, 2.75) is 13.8 Å². The average Bonchev–Trinajstić information content (AvgIpc) is 2.36. The maximum atomic E-state index is 9.04. The second-order valence-electron chi connectivity index (χ2n) is 1.94. The number of aromatic nitrogens is 1. The van der Waals surface area contributed by atoms with Gasteiger partial charge in [0.2, 0.25) is 10.9 Å². The Morgan fingerprint density at radius 1 is 1.58 bits per heavy atom. The molecule has 1 heterocycles. The summed E-state index contributed by atoms with van der Waals surface area (Å²) < 4.78 is 22.8. The summed E-state index contributed by atoms with van der Waals surface area (Å²) in [7, 11) is -2.79. The number of nitrogens with one attached hydrogen (secondary N) is 1. The first-order chi connectivity index (χ1) is 5.56. The number of rotatable bonds is 1. The second-order valence-corrected chi connectivity index (χ2v) is 2.65. The van der Waals surface area contributed by atoms with Crippen molar-refractivity contribution in [2.75, 3.05) is 0 Å². The second kappa shape index (κ2) is 5.70. The molecular weight excluding hydrogens is 184 g/mol. The topological polar surface area (TPSA) is 92.4 Å². The van der Waals surface area contributed by atoms with Gasteiger partial charge in [-0.05, 0) is 13.8 Å². The van der Waals surface area contributed by atoms with E-state index in [1.165, 1.54) is 0 Å². The highest BCUT2D eigenvalue weighted by atomic mass is 32.2. The standard InChI is InChI=1S/C5H7NO.H3NO3S/c1-4-3-5(2)7-6-4;2-1-5(3)4/h3H,1-2H3;2,5H,(H,1,3,4). The largest absolute Gasteiger partial charge is 0.361 e. The molecule has 1 rings (SSSR count). The van der Waals surface area contributed by atoms with Crippen LogP contribution in [-0.2, 0) is 10.9 Å². The number of nitrogens with zero attached hydrogens (tertiary/aromatic N) is 1. The van der Waals surface area contributed by atoms with Crippen LogP contribution in [0.15, 0.2) is 10.6 Å². The van der Waals surface area contributed by atoms with Crippen LogP contribution in [0.1, 0.15) is 11.5 Å². The molecule has 6 nitrogen and oxygen atoms in total. The van der Waals surface area contributed by atoms with Gasteiger partial charge in [0.15, 0.2) is 0 Å². The normalized spacial score (nSPS) is 9.33. The lowest BCUT2D eigenvalue weighted by Crippen LogP contribution is -2.00. The number of aryl methyl sites for hydroxylation is 2. The molecule has 0 aliphatic heterocycles. The van der Waals surface area contributed by atoms with Gasteiger partial charge in [-0.3, -0.25) is 0 Å². The van der Waals surface area contributed by atoms with Crippen LogP contribution in [0.5, 0.6) is 0 Å². The van der Waals surface area contributed by atoms with Crippen LogP contribution in [0.3, 0.4) is 0 Å². The zero-order valence-corrected chi connectivity index (χ0v) is 7.54. The first-order valence-corrected chi connectivity index (χ1v) is 4.18. The Balaban J connectivity index is 0.000000217. The van der Waals surface area contributed by atoms with Crippen molar-refractivity contribution in [1.82, 2.24) is 10.0 Å². The monoisotopic (exact) mass is 194 g/mol.